The topological polar surface area (TPSA) is 37.4 Å². The molecule has 0 bridgehead atoms. The normalized spacial score (nSPS) is 17.9. The molecule has 2 aliphatic rings. The zero-order chi connectivity index (χ0) is 12.2. The van der Waals surface area contributed by atoms with Crippen molar-refractivity contribution in [3.8, 4) is 0 Å². The van der Waals surface area contributed by atoms with Crippen molar-refractivity contribution >= 4 is 17.4 Å². The van der Waals surface area contributed by atoms with Crippen molar-refractivity contribution in [2.45, 2.75) is 39.2 Å². The largest absolute Gasteiger partial charge is 0.309 e. The van der Waals surface area contributed by atoms with E-state index >= 15 is 0 Å². The van der Waals surface area contributed by atoms with Gasteiger partial charge in [-0.05, 0) is 37.5 Å². The Hall–Kier alpha value is -1.64. The van der Waals surface area contributed by atoms with E-state index in [2.05, 4.69) is 6.07 Å². The molecule has 0 atom stereocenters. The fourth-order valence-electron chi connectivity index (χ4n) is 2.85. The number of carbonyl (C=O) groups excluding carboxylic acids is 2. The highest BCUT2D eigenvalue weighted by Crippen LogP contribution is 2.36. The van der Waals surface area contributed by atoms with E-state index in [1.807, 2.05) is 19.9 Å². The highest BCUT2D eigenvalue weighted by molar-refractivity contribution is 6.06. The number of aryl methyl sites for hydroxylation is 1. The Kier molecular flexibility index (Phi) is 2.12. The number of ketones is 1. The van der Waals surface area contributed by atoms with Gasteiger partial charge in [-0.15, -0.1) is 0 Å². The standard InChI is InChI=1S/C14H15NO2/c1-8(2)15-12-7-11-9(3-4-13(11)16)5-10(12)6-14(15)17/h5,7-8H,3-4,6H2,1-2H3. The molecule has 0 fully saturated rings. The molecule has 1 aromatic carbocycles. The summed E-state index contributed by atoms with van der Waals surface area (Å²) in [7, 11) is 0. The average molecular weight is 229 g/mol. The third kappa shape index (κ3) is 1.42. The molecule has 88 valence electrons. The predicted molar refractivity (Wildman–Crippen MR) is 65.4 cm³/mol. The molecule has 3 nitrogen and oxygen atoms in total. The van der Waals surface area contributed by atoms with Crippen LogP contribution in [0.5, 0.6) is 0 Å². The molecule has 0 saturated heterocycles. The minimum Gasteiger partial charge on any atom is -0.309 e. The van der Waals surface area contributed by atoms with Crippen molar-refractivity contribution in [1.29, 1.82) is 0 Å². The second kappa shape index (κ2) is 3.42. The van der Waals surface area contributed by atoms with E-state index in [4.69, 9.17) is 0 Å². The molecule has 1 aromatic rings. The van der Waals surface area contributed by atoms with Gasteiger partial charge < -0.3 is 4.90 Å². The van der Waals surface area contributed by atoms with Crippen molar-refractivity contribution in [1.82, 2.24) is 0 Å². The lowest BCUT2D eigenvalue weighted by Gasteiger charge is -2.22. The molecule has 1 aliphatic carbocycles. The van der Waals surface area contributed by atoms with Gasteiger partial charge in [0.25, 0.3) is 0 Å². The number of Topliss-reactive ketones (excluding diaryl/α,β-unsaturated/α-hetero) is 1. The molecule has 0 spiro atoms. The molecule has 0 radical (unpaired) electrons. The Labute approximate surface area is 100 Å². The van der Waals surface area contributed by atoms with E-state index in [1.165, 1.54) is 0 Å². The lowest BCUT2D eigenvalue weighted by Crippen LogP contribution is -2.33. The van der Waals surface area contributed by atoms with Gasteiger partial charge in [0.05, 0.1) is 6.42 Å². The first-order chi connectivity index (χ1) is 8.08. The molecule has 17 heavy (non-hydrogen) atoms. The summed E-state index contributed by atoms with van der Waals surface area (Å²) in [6, 6.07) is 4.12. The van der Waals surface area contributed by atoms with Crippen LogP contribution in [0, 0.1) is 0 Å². The molecule has 0 unspecified atom stereocenters. The third-order valence-corrected chi connectivity index (χ3v) is 3.61. The van der Waals surface area contributed by atoms with Gasteiger partial charge in [0.1, 0.15) is 0 Å². The summed E-state index contributed by atoms with van der Waals surface area (Å²) < 4.78 is 0. The van der Waals surface area contributed by atoms with Gasteiger partial charge in [0, 0.05) is 23.7 Å². The average Bonchev–Trinajstić information content (AvgIpc) is 2.76. The fourth-order valence-corrected chi connectivity index (χ4v) is 2.85. The first-order valence-electron chi connectivity index (χ1n) is 6.09. The second-order valence-electron chi connectivity index (χ2n) is 5.10. The lowest BCUT2D eigenvalue weighted by molar-refractivity contribution is -0.117. The van der Waals surface area contributed by atoms with Gasteiger partial charge in [-0.2, -0.15) is 0 Å². The summed E-state index contributed by atoms with van der Waals surface area (Å²) in [5.74, 6) is 0.358. The van der Waals surface area contributed by atoms with Crippen LogP contribution in [0.25, 0.3) is 0 Å². The fraction of sp³-hybridized carbons (Fsp3) is 0.429. The maximum absolute atomic E-state index is 11.9. The lowest BCUT2D eigenvalue weighted by atomic mass is 10.0. The number of fused-ring (bicyclic) bond motifs is 2. The number of nitrogens with zero attached hydrogens (tertiary/aromatic N) is 1. The minimum absolute atomic E-state index is 0.145. The molecular formula is C14H15NO2. The Morgan fingerprint density at radius 3 is 2.59 bits per heavy atom. The zero-order valence-corrected chi connectivity index (χ0v) is 10.1. The Balaban J connectivity index is 2.15. The smallest absolute Gasteiger partial charge is 0.231 e. The van der Waals surface area contributed by atoms with Crippen LogP contribution in [0.2, 0.25) is 0 Å². The number of anilines is 1. The summed E-state index contributed by atoms with van der Waals surface area (Å²) in [4.78, 5) is 25.5. The molecule has 3 heteroatoms. The van der Waals surface area contributed by atoms with Gasteiger partial charge in [-0.3, -0.25) is 9.59 Å². The van der Waals surface area contributed by atoms with Gasteiger partial charge >= 0.3 is 0 Å². The highest BCUT2D eigenvalue weighted by atomic mass is 16.2. The van der Waals surface area contributed by atoms with Crippen LogP contribution in [-0.2, 0) is 17.6 Å². The van der Waals surface area contributed by atoms with Crippen molar-refractivity contribution < 1.29 is 9.59 Å². The summed E-state index contributed by atoms with van der Waals surface area (Å²) in [5, 5.41) is 0. The number of hydrogen-bond donors (Lipinski definition) is 0. The SMILES string of the molecule is CC(C)N1C(=O)Cc2cc3c(cc21)C(=O)CC3. The van der Waals surface area contributed by atoms with E-state index in [0.717, 1.165) is 28.8 Å². The molecule has 0 aromatic heterocycles. The van der Waals surface area contributed by atoms with Gasteiger partial charge in [-0.1, -0.05) is 6.07 Å². The van der Waals surface area contributed by atoms with Crippen molar-refractivity contribution in [2.24, 2.45) is 0 Å². The monoisotopic (exact) mass is 229 g/mol. The van der Waals surface area contributed by atoms with Gasteiger partial charge in [0.2, 0.25) is 5.91 Å². The number of benzene rings is 1. The molecule has 0 saturated carbocycles. The first-order valence-corrected chi connectivity index (χ1v) is 6.09. The number of rotatable bonds is 1. The maximum atomic E-state index is 11.9. The van der Waals surface area contributed by atoms with Crippen LogP contribution < -0.4 is 4.90 Å². The maximum Gasteiger partial charge on any atom is 0.231 e. The summed E-state index contributed by atoms with van der Waals surface area (Å²) >= 11 is 0. The van der Waals surface area contributed by atoms with Crippen molar-refractivity contribution in [3.05, 3.63) is 28.8 Å². The molecular weight excluding hydrogens is 214 g/mol. The van der Waals surface area contributed by atoms with Crippen molar-refractivity contribution in [3.63, 3.8) is 0 Å². The van der Waals surface area contributed by atoms with E-state index in [-0.39, 0.29) is 17.7 Å². The zero-order valence-electron chi connectivity index (χ0n) is 10.1. The summed E-state index contributed by atoms with van der Waals surface area (Å²) in [6.45, 7) is 4.00. The second-order valence-corrected chi connectivity index (χ2v) is 5.10. The summed E-state index contributed by atoms with van der Waals surface area (Å²) in [5.41, 5.74) is 3.97. The van der Waals surface area contributed by atoms with Crippen LogP contribution in [0.3, 0.4) is 0 Å². The highest BCUT2D eigenvalue weighted by Gasteiger charge is 2.32. The van der Waals surface area contributed by atoms with Crippen LogP contribution in [0.1, 0.15) is 41.8 Å². The Morgan fingerprint density at radius 1 is 1.12 bits per heavy atom. The van der Waals surface area contributed by atoms with Crippen molar-refractivity contribution in [2.75, 3.05) is 4.90 Å². The Bertz CT molecular complexity index is 531. The van der Waals surface area contributed by atoms with E-state index in [1.54, 1.807) is 4.90 Å². The minimum atomic E-state index is 0.145. The van der Waals surface area contributed by atoms with Gasteiger partial charge in [0.15, 0.2) is 5.78 Å². The van der Waals surface area contributed by atoms with Crippen LogP contribution in [-0.4, -0.2) is 17.7 Å². The van der Waals surface area contributed by atoms with E-state index in [9.17, 15) is 9.59 Å². The van der Waals surface area contributed by atoms with E-state index < -0.39 is 0 Å². The van der Waals surface area contributed by atoms with E-state index in [0.29, 0.717) is 12.8 Å². The quantitative estimate of drug-likeness (QED) is 0.739. The molecule has 3 rings (SSSR count). The van der Waals surface area contributed by atoms with Crippen LogP contribution >= 0.6 is 0 Å². The number of hydrogen-bond acceptors (Lipinski definition) is 2. The first kappa shape index (κ1) is 10.5. The molecule has 0 N–H and O–H groups in total. The van der Waals surface area contributed by atoms with Gasteiger partial charge in [-0.25, -0.2) is 0 Å². The molecule has 1 aliphatic heterocycles. The number of amides is 1. The molecule has 1 amide bonds. The van der Waals surface area contributed by atoms with Crippen LogP contribution in [0.15, 0.2) is 12.1 Å². The number of carbonyl (C=O) groups is 2. The summed E-state index contributed by atoms with van der Waals surface area (Å²) in [6.07, 6.45) is 1.93. The Morgan fingerprint density at radius 2 is 1.88 bits per heavy atom. The predicted octanol–water partition coefficient (Wildman–Crippen LogP) is 2.11. The van der Waals surface area contributed by atoms with Crippen LogP contribution in [0.4, 0.5) is 5.69 Å². The third-order valence-electron chi connectivity index (χ3n) is 3.61. The molecule has 1 heterocycles.